The Morgan fingerprint density at radius 3 is 2.58 bits per heavy atom. The maximum absolute atomic E-state index is 13.1. The number of hydrogen-bond acceptors (Lipinski definition) is 13. The van der Waals surface area contributed by atoms with Gasteiger partial charge in [-0.25, -0.2) is 19.7 Å². The molecule has 0 spiro atoms. The molecule has 3 fully saturated rings. The average Bonchev–Trinajstić information content (AvgIpc) is 3.99. The van der Waals surface area contributed by atoms with E-state index in [-0.39, 0.29) is 67.7 Å². The van der Waals surface area contributed by atoms with Crippen LogP contribution in [0.15, 0.2) is 42.8 Å². The number of carbonyl (C=O) groups is 3. The summed E-state index contributed by atoms with van der Waals surface area (Å²) in [5.41, 5.74) is 2.59. The van der Waals surface area contributed by atoms with Crippen molar-refractivity contribution in [1.29, 1.82) is 0 Å². The summed E-state index contributed by atoms with van der Waals surface area (Å²) in [5.74, 6) is 0.395. The molecule has 18 heteroatoms. The van der Waals surface area contributed by atoms with Gasteiger partial charge in [0.1, 0.15) is 38.0 Å². The van der Waals surface area contributed by atoms with E-state index in [1.165, 1.54) is 18.0 Å². The number of aromatic nitrogens is 6. The summed E-state index contributed by atoms with van der Waals surface area (Å²) in [4.78, 5) is 62.9. The molecule has 2 saturated carbocycles. The highest BCUT2D eigenvalue weighted by Crippen LogP contribution is 2.46. The number of imide groups is 1. The number of allylic oxidation sites excluding steroid dienone is 2. The summed E-state index contributed by atoms with van der Waals surface area (Å²) in [6, 6.07) is 2.57. The van der Waals surface area contributed by atoms with Crippen LogP contribution in [0.5, 0.6) is 11.9 Å². The minimum absolute atomic E-state index is 0.0377. The molecule has 1 saturated heterocycles. The van der Waals surface area contributed by atoms with Gasteiger partial charge in [-0.3, -0.25) is 23.6 Å². The Morgan fingerprint density at radius 1 is 1.12 bits per heavy atom. The van der Waals surface area contributed by atoms with E-state index in [1.807, 2.05) is 6.92 Å². The summed E-state index contributed by atoms with van der Waals surface area (Å²) in [5, 5.41) is 2.78. The standard InChI is InChI=1S/C32H37N9O8S/c1-18(20-6-7-20)12-24(41-16-27(42)40(4)32(41)44)29-35-21(15-39(29)3)17-48-26-14-25(37-31(38-26)47-10-11-49-50(5,45)46)36-30(43)23-13-22(23)28-33-9-8-19(2)34-28/h8-9,12,14-15,20,22-23H,1,6-7,10-11,13,16-17H2,2-5H3,(H,36,37,38,43)/b24-12+/t22-,23-/m0/s1. The summed E-state index contributed by atoms with van der Waals surface area (Å²) in [6.45, 7) is 5.35. The first kappa shape index (κ1) is 34.6. The fourth-order valence-corrected chi connectivity index (χ4v) is 5.71. The van der Waals surface area contributed by atoms with Gasteiger partial charge in [0.25, 0.3) is 10.1 Å². The summed E-state index contributed by atoms with van der Waals surface area (Å²) < 4.78 is 40.6. The van der Waals surface area contributed by atoms with E-state index in [0.29, 0.717) is 35.4 Å². The molecule has 6 rings (SSSR count). The lowest BCUT2D eigenvalue weighted by molar-refractivity contribution is -0.124. The van der Waals surface area contributed by atoms with E-state index in [1.54, 1.807) is 36.2 Å². The fourth-order valence-electron chi connectivity index (χ4n) is 5.34. The van der Waals surface area contributed by atoms with Gasteiger partial charge in [-0.2, -0.15) is 18.4 Å². The second-order valence-electron chi connectivity index (χ2n) is 12.4. The van der Waals surface area contributed by atoms with Crippen molar-refractivity contribution in [3.05, 3.63) is 65.8 Å². The van der Waals surface area contributed by atoms with Crippen molar-refractivity contribution in [2.75, 3.05) is 38.4 Å². The Morgan fingerprint density at radius 2 is 1.90 bits per heavy atom. The van der Waals surface area contributed by atoms with Crippen LogP contribution >= 0.6 is 0 Å². The monoisotopic (exact) mass is 707 g/mol. The highest BCUT2D eigenvalue weighted by Gasteiger charge is 2.46. The molecule has 0 radical (unpaired) electrons. The van der Waals surface area contributed by atoms with E-state index < -0.39 is 16.1 Å². The SMILES string of the molecule is C=C(/C=C(\c1nc(COc2cc(NC(=O)[C@H]3C[C@@H]3c3nccc(C)n3)nc(OCCOS(C)(=O)=O)n2)cn1C)N1CC(=O)N(C)C1=O)C1CC1. The highest BCUT2D eigenvalue weighted by molar-refractivity contribution is 7.85. The van der Waals surface area contributed by atoms with Gasteiger partial charge < -0.3 is 19.4 Å². The topological polar surface area (TPSA) is 201 Å². The number of hydrogen-bond donors (Lipinski definition) is 1. The molecule has 0 unspecified atom stereocenters. The number of urea groups is 1. The van der Waals surface area contributed by atoms with Crippen LogP contribution in [0.25, 0.3) is 5.70 Å². The van der Waals surface area contributed by atoms with Crippen LogP contribution in [0.4, 0.5) is 10.6 Å². The van der Waals surface area contributed by atoms with Gasteiger partial charge in [0.15, 0.2) is 5.82 Å². The first-order chi connectivity index (χ1) is 23.8. The summed E-state index contributed by atoms with van der Waals surface area (Å²) in [6.07, 6.45) is 8.71. The zero-order chi connectivity index (χ0) is 35.7. The van der Waals surface area contributed by atoms with E-state index in [2.05, 4.69) is 31.8 Å². The summed E-state index contributed by atoms with van der Waals surface area (Å²) >= 11 is 0. The van der Waals surface area contributed by atoms with E-state index in [0.717, 1.165) is 35.3 Å². The number of amides is 4. The molecule has 1 aliphatic heterocycles. The lowest BCUT2D eigenvalue weighted by Gasteiger charge is -2.19. The Hall–Kier alpha value is -5.23. The maximum Gasteiger partial charge on any atom is 0.331 e. The van der Waals surface area contributed by atoms with Gasteiger partial charge in [0, 0.05) is 50.1 Å². The third-order valence-electron chi connectivity index (χ3n) is 8.24. The molecule has 3 aliphatic rings. The quantitative estimate of drug-likeness (QED) is 0.104. The fraction of sp³-hybridized carbons (Fsp3) is 0.438. The normalized spacial score (nSPS) is 19.2. The van der Waals surface area contributed by atoms with E-state index in [4.69, 9.17) is 18.6 Å². The van der Waals surface area contributed by atoms with Crippen molar-refractivity contribution in [1.82, 2.24) is 39.3 Å². The second-order valence-corrected chi connectivity index (χ2v) is 14.0. The zero-order valence-corrected chi connectivity index (χ0v) is 28.8. The van der Waals surface area contributed by atoms with Crippen molar-refractivity contribution >= 4 is 39.5 Å². The molecule has 4 heterocycles. The minimum atomic E-state index is -3.68. The van der Waals surface area contributed by atoms with Gasteiger partial charge in [0.2, 0.25) is 17.7 Å². The molecular weight excluding hydrogens is 670 g/mol. The molecule has 50 heavy (non-hydrogen) atoms. The lowest BCUT2D eigenvalue weighted by Crippen LogP contribution is -2.29. The minimum Gasteiger partial charge on any atom is -0.471 e. The number of aryl methyl sites for hydroxylation is 2. The van der Waals surface area contributed by atoms with Gasteiger partial charge in [-0.1, -0.05) is 6.58 Å². The molecule has 0 bridgehead atoms. The van der Waals surface area contributed by atoms with E-state index in [9.17, 15) is 22.8 Å². The molecule has 264 valence electrons. The molecule has 17 nitrogen and oxygen atoms in total. The number of rotatable bonds is 15. The predicted octanol–water partition coefficient (Wildman–Crippen LogP) is 2.19. The third-order valence-corrected chi connectivity index (χ3v) is 8.84. The first-order valence-corrected chi connectivity index (χ1v) is 17.7. The summed E-state index contributed by atoms with van der Waals surface area (Å²) in [7, 11) is -0.482. The Labute approximate surface area is 288 Å². The number of ether oxygens (including phenoxy) is 2. The molecule has 3 aromatic heterocycles. The van der Waals surface area contributed by atoms with Gasteiger partial charge in [0.05, 0.1) is 17.6 Å². The number of nitrogens with one attached hydrogen (secondary N) is 1. The van der Waals surface area contributed by atoms with Crippen LogP contribution in [0.1, 0.15) is 48.2 Å². The number of anilines is 1. The number of nitrogens with zero attached hydrogens (tertiary/aromatic N) is 8. The van der Waals surface area contributed by atoms with Crippen molar-refractivity contribution < 1.29 is 36.5 Å². The average molecular weight is 708 g/mol. The number of likely N-dealkylation sites (N-methyl/N-ethyl adjacent to an activating group) is 1. The van der Waals surface area contributed by atoms with Crippen molar-refractivity contribution in [3.63, 3.8) is 0 Å². The smallest absolute Gasteiger partial charge is 0.331 e. The first-order valence-electron chi connectivity index (χ1n) is 15.9. The van der Waals surface area contributed by atoms with Crippen molar-refractivity contribution in [2.45, 2.75) is 38.7 Å². The van der Waals surface area contributed by atoms with Crippen LogP contribution in [-0.2, 0) is 37.5 Å². The van der Waals surface area contributed by atoms with Crippen molar-refractivity contribution in [2.24, 2.45) is 18.9 Å². The maximum atomic E-state index is 13.1. The molecule has 1 N–H and O–H groups in total. The molecule has 3 aromatic rings. The van der Waals surface area contributed by atoms with Crippen LogP contribution in [0.2, 0.25) is 0 Å². The van der Waals surface area contributed by atoms with Crippen LogP contribution in [-0.4, -0.2) is 98.6 Å². The van der Waals surface area contributed by atoms with Crippen LogP contribution < -0.4 is 14.8 Å². The van der Waals surface area contributed by atoms with Gasteiger partial charge >= 0.3 is 12.0 Å². The molecule has 4 amide bonds. The molecular formula is C32H37N9O8S. The lowest BCUT2D eigenvalue weighted by atomic mass is 10.1. The largest absolute Gasteiger partial charge is 0.471 e. The van der Waals surface area contributed by atoms with Crippen molar-refractivity contribution in [3.8, 4) is 11.9 Å². The molecule has 2 aliphatic carbocycles. The highest BCUT2D eigenvalue weighted by atomic mass is 32.2. The second kappa shape index (κ2) is 13.9. The Bertz CT molecular complexity index is 1990. The third kappa shape index (κ3) is 8.31. The molecule has 0 aromatic carbocycles. The zero-order valence-electron chi connectivity index (χ0n) is 28.0. The van der Waals surface area contributed by atoms with Gasteiger partial charge in [-0.05, 0) is 49.8 Å². The Kier molecular flexibility index (Phi) is 9.66. The Balaban J connectivity index is 1.19. The van der Waals surface area contributed by atoms with Gasteiger partial charge in [-0.15, -0.1) is 0 Å². The molecule has 2 atom stereocenters. The van der Waals surface area contributed by atoms with Crippen LogP contribution in [0.3, 0.4) is 0 Å². The number of imidazole rings is 1. The predicted molar refractivity (Wildman–Crippen MR) is 177 cm³/mol. The van der Waals surface area contributed by atoms with Crippen LogP contribution in [0, 0.1) is 18.8 Å². The van der Waals surface area contributed by atoms with E-state index >= 15 is 0 Å². The number of carbonyl (C=O) groups excluding carboxylic acids is 3.